The van der Waals surface area contributed by atoms with Crippen LogP contribution in [-0.4, -0.2) is 56.7 Å². The fourth-order valence-corrected chi connectivity index (χ4v) is 3.46. The van der Waals surface area contributed by atoms with Gasteiger partial charge in [-0.15, -0.1) is 11.3 Å². The van der Waals surface area contributed by atoms with Crippen LogP contribution in [0.4, 0.5) is 5.82 Å². The molecule has 0 unspecified atom stereocenters. The zero-order valence-corrected chi connectivity index (χ0v) is 14.9. The molecule has 1 aliphatic heterocycles. The van der Waals surface area contributed by atoms with Crippen molar-refractivity contribution in [2.24, 2.45) is 0 Å². The molecule has 0 atom stereocenters. The SMILES string of the molecule is O=C(/C=C/c1cccs1)N1CCN(c2cc(-n3cccn3)ncn2)CC1. The van der Waals surface area contributed by atoms with Crippen molar-refractivity contribution in [3.8, 4) is 5.82 Å². The third kappa shape index (κ3) is 3.65. The van der Waals surface area contributed by atoms with E-state index < -0.39 is 0 Å². The molecular weight excluding hydrogens is 348 g/mol. The average Bonchev–Trinajstić information content (AvgIpc) is 3.40. The Morgan fingerprint density at radius 1 is 1.12 bits per heavy atom. The first kappa shape index (κ1) is 16.5. The molecule has 1 saturated heterocycles. The normalized spacial score (nSPS) is 14.9. The smallest absolute Gasteiger partial charge is 0.246 e. The van der Waals surface area contributed by atoms with E-state index in [4.69, 9.17) is 0 Å². The molecule has 1 amide bonds. The van der Waals surface area contributed by atoms with Crippen LogP contribution in [0.25, 0.3) is 11.9 Å². The predicted octanol–water partition coefficient (Wildman–Crippen LogP) is 2.09. The third-order valence-corrected chi connectivity index (χ3v) is 5.06. The molecular formula is C18H18N6OS. The molecule has 3 aromatic rings. The molecule has 0 aliphatic carbocycles. The van der Waals surface area contributed by atoms with Crippen LogP contribution >= 0.6 is 11.3 Å². The summed E-state index contributed by atoms with van der Waals surface area (Å²) in [5.41, 5.74) is 0. The van der Waals surface area contributed by atoms with Gasteiger partial charge in [-0.25, -0.2) is 14.6 Å². The third-order valence-electron chi connectivity index (χ3n) is 4.23. The van der Waals surface area contributed by atoms with Gasteiger partial charge in [0.2, 0.25) is 5.91 Å². The van der Waals surface area contributed by atoms with E-state index in [9.17, 15) is 4.79 Å². The van der Waals surface area contributed by atoms with Crippen LogP contribution in [0.15, 0.2) is 54.4 Å². The van der Waals surface area contributed by atoms with Crippen LogP contribution in [0, 0.1) is 0 Å². The molecule has 0 radical (unpaired) electrons. The summed E-state index contributed by atoms with van der Waals surface area (Å²) in [4.78, 5) is 26.1. The topological polar surface area (TPSA) is 67.2 Å². The molecule has 0 bridgehead atoms. The second-order valence-electron chi connectivity index (χ2n) is 5.85. The second kappa shape index (κ2) is 7.49. The van der Waals surface area contributed by atoms with E-state index in [0.29, 0.717) is 13.1 Å². The lowest BCUT2D eigenvalue weighted by Gasteiger charge is -2.34. The summed E-state index contributed by atoms with van der Waals surface area (Å²) in [6.45, 7) is 2.84. The number of piperazine rings is 1. The van der Waals surface area contributed by atoms with Crippen molar-refractivity contribution in [3.63, 3.8) is 0 Å². The quantitative estimate of drug-likeness (QED) is 0.662. The summed E-state index contributed by atoms with van der Waals surface area (Å²) in [7, 11) is 0. The van der Waals surface area contributed by atoms with Crippen LogP contribution in [0.5, 0.6) is 0 Å². The van der Waals surface area contributed by atoms with Crippen molar-refractivity contribution < 1.29 is 4.79 Å². The lowest BCUT2D eigenvalue weighted by Crippen LogP contribution is -2.48. The highest BCUT2D eigenvalue weighted by molar-refractivity contribution is 7.10. The first-order chi connectivity index (χ1) is 12.8. The lowest BCUT2D eigenvalue weighted by atomic mass is 10.3. The van der Waals surface area contributed by atoms with Gasteiger partial charge in [0.1, 0.15) is 12.1 Å². The van der Waals surface area contributed by atoms with Gasteiger partial charge in [0, 0.05) is 55.6 Å². The van der Waals surface area contributed by atoms with Crippen molar-refractivity contribution in [2.45, 2.75) is 0 Å². The van der Waals surface area contributed by atoms with Gasteiger partial charge in [-0.3, -0.25) is 4.79 Å². The highest BCUT2D eigenvalue weighted by atomic mass is 32.1. The Balaban J connectivity index is 1.38. The number of anilines is 1. The maximum atomic E-state index is 12.3. The molecule has 8 heteroatoms. The summed E-state index contributed by atoms with van der Waals surface area (Å²) in [5.74, 6) is 1.64. The van der Waals surface area contributed by atoms with Gasteiger partial charge in [0.05, 0.1) is 0 Å². The van der Waals surface area contributed by atoms with Crippen molar-refractivity contribution in [1.82, 2.24) is 24.6 Å². The van der Waals surface area contributed by atoms with Crippen molar-refractivity contribution in [3.05, 3.63) is 59.3 Å². The van der Waals surface area contributed by atoms with Crippen LogP contribution in [-0.2, 0) is 4.79 Å². The predicted molar refractivity (Wildman–Crippen MR) is 101 cm³/mol. The van der Waals surface area contributed by atoms with E-state index in [1.807, 2.05) is 46.8 Å². The number of carbonyl (C=O) groups excluding carboxylic acids is 1. The van der Waals surface area contributed by atoms with E-state index >= 15 is 0 Å². The number of rotatable bonds is 4. The van der Waals surface area contributed by atoms with E-state index in [1.54, 1.807) is 34.6 Å². The molecule has 1 fully saturated rings. The molecule has 0 aromatic carbocycles. The van der Waals surface area contributed by atoms with Gasteiger partial charge >= 0.3 is 0 Å². The van der Waals surface area contributed by atoms with Crippen LogP contribution in [0.1, 0.15) is 4.88 Å². The Bertz CT molecular complexity index is 882. The number of hydrogen-bond donors (Lipinski definition) is 0. The molecule has 4 rings (SSSR count). The molecule has 0 N–H and O–H groups in total. The summed E-state index contributed by atoms with van der Waals surface area (Å²) < 4.78 is 1.71. The zero-order valence-electron chi connectivity index (χ0n) is 14.1. The Hall–Kier alpha value is -3.00. The van der Waals surface area contributed by atoms with Gasteiger partial charge in [0.15, 0.2) is 5.82 Å². The monoisotopic (exact) mass is 366 g/mol. The molecule has 0 saturated carbocycles. The van der Waals surface area contributed by atoms with E-state index in [1.165, 1.54) is 0 Å². The molecule has 3 aromatic heterocycles. The van der Waals surface area contributed by atoms with Crippen LogP contribution < -0.4 is 4.90 Å². The van der Waals surface area contributed by atoms with Gasteiger partial charge in [-0.1, -0.05) is 6.07 Å². The van der Waals surface area contributed by atoms with Crippen LogP contribution in [0.3, 0.4) is 0 Å². The Kier molecular flexibility index (Phi) is 4.74. The maximum Gasteiger partial charge on any atom is 0.246 e. The van der Waals surface area contributed by atoms with E-state index in [0.717, 1.165) is 29.6 Å². The maximum absolute atomic E-state index is 12.3. The summed E-state index contributed by atoms with van der Waals surface area (Å²) >= 11 is 1.62. The molecule has 7 nitrogen and oxygen atoms in total. The Labute approximate surface area is 155 Å². The number of amides is 1. The van der Waals surface area contributed by atoms with Gasteiger partial charge in [0.25, 0.3) is 0 Å². The van der Waals surface area contributed by atoms with E-state index in [-0.39, 0.29) is 5.91 Å². The zero-order chi connectivity index (χ0) is 17.8. The highest BCUT2D eigenvalue weighted by Crippen LogP contribution is 2.16. The van der Waals surface area contributed by atoms with E-state index in [2.05, 4.69) is 20.0 Å². The lowest BCUT2D eigenvalue weighted by molar-refractivity contribution is -0.126. The minimum atomic E-state index is 0.0537. The number of hydrogen-bond acceptors (Lipinski definition) is 6. The number of aromatic nitrogens is 4. The van der Waals surface area contributed by atoms with Gasteiger partial charge in [-0.2, -0.15) is 5.10 Å². The molecule has 132 valence electrons. The van der Waals surface area contributed by atoms with Crippen molar-refractivity contribution in [2.75, 3.05) is 31.1 Å². The fourth-order valence-electron chi connectivity index (χ4n) is 2.84. The highest BCUT2D eigenvalue weighted by Gasteiger charge is 2.21. The van der Waals surface area contributed by atoms with Crippen LogP contribution in [0.2, 0.25) is 0 Å². The minimum Gasteiger partial charge on any atom is -0.353 e. The fraction of sp³-hybridized carbons (Fsp3) is 0.222. The summed E-state index contributed by atoms with van der Waals surface area (Å²) in [5, 5.41) is 6.20. The van der Waals surface area contributed by atoms with Gasteiger partial charge < -0.3 is 9.80 Å². The average molecular weight is 366 g/mol. The molecule has 4 heterocycles. The minimum absolute atomic E-state index is 0.0537. The Morgan fingerprint density at radius 2 is 1.96 bits per heavy atom. The summed E-state index contributed by atoms with van der Waals surface area (Å²) in [6.07, 6.45) is 8.65. The summed E-state index contributed by atoms with van der Waals surface area (Å²) in [6, 6.07) is 7.75. The molecule has 26 heavy (non-hydrogen) atoms. The second-order valence-corrected chi connectivity index (χ2v) is 6.83. The van der Waals surface area contributed by atoms with Crippen molar-refractivity contribution >= 4 is 29.1 Å². The number of thiophene rings is 1. The Morgan fingerprint density at radius 3 is 2.69 bits per heavy atom. The largest absolute Gasteiger partial charge is 0.353 e. The number of carbonyl (C=O) groups is 1. The molecule has 0 spiro atoms. The first-order valence-corrected chi connectivity index (χ1v) is 9.25. The molecule has 1 aliphatic rings. The standard InChI is InChI=1S/C18H18N6OS/c25-18(5-4-15-3-1-12-26-15)23-10-8-22(9-11-23)16-13-17(20-14-19-16)24-7-2-6-21-24/h1-7,12-14H,8-11H2/b5-4+. The first-order valence-electron chi connectivity index (χ1n) is 8.37. The number of nitrogens with zero attached hydrogens (tertiary/aromatic N) is 6. The van der Waals surface area contributed by atoms with Crippen molar-refractivity contribution in [1.29, 1.82) is 0 Å². The van der Waals surface area contributed by atoms with Gasteiger partial charge in [-0.05, 0) is 23.6 Å².